The molecule has 0 unspecified atom stereocenters. The van der Waals surface area contributed by atoms with Crippen LogP contribution < -0.4 is 11.5 Å². The molecule has 8 heavy (non-hydrogen) atoms. The molecule has 50 valence electrons. The molecule has 0 rings (SSSR count). The maximum absolute atomic E-state index is 8.36. The molecule has 0 spiro atoms. The van der Waals surface area contributed by atoms with Gasteiger partial charge >= 0.3 is 0 Å². The predicted molar refractivity (Wildman–Crippen MR) is 21.5 cm³/mol. The van der Waals surface area contributed by atoms with Gasteiger partial charge in [-0.2, -0.15) is 0 Å². The number of hydrogen-bond donors (Lipinski definition) is 3. The Kier molecular flexibility index (Phi) is 35.3. The van der Waals surface area contributed by atoms with Gasteiger partial charge in [0, 0.05) is 5.34 Å². The van der Waals surface area contributed by atoms with Crippen LogP contribution in [0.3, 0.4) is 0 Å². The molecule has 0 aromatic rings. The van der Waals surface area contributed by atoms with Crippen molar-refractivity contribution >= 4 is 0 Å². The van der Waals surface area contributed by atoms with Gasteiger partial charge in [0.05, 0.1) is 0 Å². The highest BCUT2D eigenvalue weighted by Crippen LogP contribution is 1.38. The van der Waals surface area contributed by atoms with Gasteiger partial charge in [0.25, 0.3) is 5.09 Å². The zero-order chi connectivity index (χ0) is 6.28. The Labute approximate surface area is 43.4 Å². The van der Waals surface area contributed by atoms with Crippen molar-refractivity contribution in [1.29, 1.82) is 0 Å². The molecular weight excluding hydrogens is 122 g/mol. The smallest absolute Gasteiger partial charge is 0.291 e. The maximum atomic E-state index is 8.36. The number of hydrogen-bond acceptors (Lipinski definition) is 5. The first-order valence-corrected chi connectivity index (χ1v) is 0.973. The molecule has 0 aromatic carbocycles. The molecule has 0 radical (unpaired) electrons. The van der Waals surface area contributed by atoms with E-state index in [4.69, 9.17) is 25.4 Å². The van der Waals surface area contributed by atoms with E-state index in [2.05, 4.69) is 0 Å². The van der Waals surface area contributed by atoms with Gasteiger partial charge < -0.3 is 11.4 Å². The first-order valence-electron chi connectivity index (χ1n) is 0.973. The summed E-state index contributed by atoms with van der Waals surface area (Å²) in [5.41, 5.74) is 0. The minimum atomic E-state index is -1.50. The van der Waals surface area contributed by atoms with Crippen molar-refractivity contribution in [3.63, 3.8) is 0 Å². The fraction of sp³-hybridized carbons (Fsp3) is 0. The largest absolute Gasteiger partial charge is 0.344 e. The zero-order valence-corrected chi connectivity index (χ0v) is 3.73. The number of rotatable bonds is 0. The Bertz CT molecular complexity index is 54.7. The molecule has 0 aliphatic heterocycles. The fourth-order valence-corrected chi connectivity index (χ4v) is 0. The molecule has 0 aliphatic rings. The molecule has 0 atom stereocenters. The second-order valence-corrected chi connectivity index (χ2v) is 0.321. The molecule has 0 aromatic heterocycles. The Morgan fingerprint density at radius 2 is 1.62 bits per heavy atom. The molecule has 5 N–H and O–H groups in total. The minimum absolute atomic E-state index is 0. The van der Waals surface area contributed by atoms with E-state index in [1.807, 2.05) is 0 Å². The molecule has 0 fully saturated rings. The summed E-state index contributed by atoms with van der Waals surface area (Å²) < 4.78 is 0. The third-order valence-electron chi connectivity index (χ3n) is 0. The Hall–Kier alpha value is -1.44. The van der Waals surface area contributed by atoms with E-state index in [1.54, 1.807) is 0 Å². The fourth-order valence-electron chi connectivity index (χ4n) is 0. The lowest BCUT2D eigenvalue weighted by molar-refractivity contribution is -0.742. The van der Waals surface area contributed by atoms with Crippen LogP contribution in [0.2, 0.25) is 0 Å². The van der Waals surface area contributed by atoms with Crippen LogP contribution in [0.15, 0.2) is 0 Å². The van der Waals surface area contributed by atoms with E-state index in [9.17, 15) is 0 Å². The van der Waals surface area contributed by atoms with E-state index in [1.165, 1.54) is 0 Å². The van der Waals surface area contributed by atoms with Crippen LogP contribution in [0, 0.1) is 20.2 Å². The van der Waals surface area contributed by atoms with Crippen molar-refractivity contribution in [3.8, 4) is 0 Å². The highest BCUT2D eigenvalue weighted by atomic mass is 16.9. The van der Waals surface area contributed by atoms with Gasteiger partial charge in [0.1, 0.15) is 0 Å². The topological polar surface area (TPSA) is 152 Å². The molecule has 0 aliphatic carbocycles. The third kappa shape index (κ3) is 27.9. The normalized spacial score (nSPS) is 4.50. The molecule has 0 amide bonds. The van der Waals surface area contributed by atoms with Crippen molar-refractivity contribution in [2.24, 2.45) is 0 Å². The third-order valence-corrected chi connectivity index (χ3v) is 0. The van der Waals surface area contributed by atoms with Gasteiger partial charge in [0.15, 0.2) is 0 Å². The summed E-state index contributed by atoms with van der Waals surface area (Å²) in [7, 11) is 0. The number of nitrogens with zero attached hydrogens (tertiary/aromatic N) is 1. The lowest BCUT2D eigenvalue weighted by atomic mass is 13.1. The van der Waals surface area contributed by atoms with Gasteiger partial charge in [-0.1, -0.05) is 0 Å². The average molecular weight is 127 g/mol. The van der Waals surface area contributed by atoms with Crippen molar-refractivity contribution in [2.75, 3.05) is 0 Å². The first kappa shape index (κ1) is 16.0. The monoisotopic (exact) mass is 127 g/mol. The summed E-state index contributed by atoms with van der Waals surface area (Å²) in [6.45, 7) is 0. The van der Waals surface area contributed by atoms with Crippen molar-refractivity contribution < 1.29 is 15.6 Å². The summed E-state index contributed by atoms with van der Waals surface area (Å²) >= 11 is 0. The second kappa shape index (κ2) is 17.6. The van der Waals surface area contributed by atoms with Gasteiger partial charge in [-0.3, -0.25) is 10.1 Å². The second-order valence-electron chi connectivity index (χ2n) is 0.321. The zero-order valence-electron chi connectivity index (χ0n) is 3.73. The van der Waals surface area contributed by atoms with Crippen LogP contribution >= 0.6 is 0 Å². The summed E-state index contributed by atoms with van der Waals surface area (Å²) in [6, 6.07) is 0. The highest BCUT2D eigenvalue weighted by Gasteiger charge is 1.65. The lowest BCUT2D eigenvalue weighted by Gasteiger charge is -1.56. The molecule has 0 saturated carbocycles. The van der Waals surface area contributed by atoms with Crippen molar-refractivity contribution in [1.82, 2.24) is 6.15 Å². The van der Waals surface area contributed by atoms with E-state index in [0.717, 1.165) is 0 Å². The summed E-state index contributed by atoms with van der Waals surface area (Å²) in [5.74, 6) is 0. The Morgan fingerprint density at radius 3 is 1.62 bits per heavy atom. The Morgan fingerprint density at radius 1 is 1.62 bits per heavy atom. The number of nitrogens with one attached hydrogen (secondary N) is 1. The molecule has 8 heteroatoms. The standard InChI is InChI=1S/HNO3.HNO2.H3N/c2-1(3)4;2-1-3;/h(H,2,3,4);1H;1H3. The van der Waals surface area contributed by atoms with Crippen molar-refractivity contribution in [3.05, 3.63) is 20.2 Å². The van der Waals surface area contributed by atoms with Crippen molar-refractivity contribution in [2.45, 2.75) is 0 Å². The maximum Gasteiger partial charge on any atom is 0.291 e. The van der Waals surface area contributed by atoms with Crippen LogP contribution in [0.4, 0.5) is 0 Å². The molecule has 0 bridgehead atoms. The molecule has 8 nitrogen and oxygen atoms in total. The van der Waals surface area contributed by atoms with Gasteiger partial charge in [0.2, 0.25) is 0 Å². The van der Waals surface area contributed by atoms with Gasteiger partial charge in [-0.25, -0.2) is 0 Å². The van der Waals surface area contributed by atoms with Crippen LogP contribution in [0.25, 0.3) is 0 Å². The predicted octanol–water partition coefficient (Wildman–Crippen LogP) is -1.85. The van der Waals surface area contributed by atoms with Crippen LogP contribution in [-0.4, -0.2) is 10.3 Å². The average Bonchev–Trinajstić information content (AvgIpc) is 1.33. The van der Waals surface area contributed by atoms with Gasteiger partial charge in [-0.15, -0.1) is 10.1 Å². The summed E-state index contributed by atoms with van der Waals surface area (Å²) in [5, 5.41) is 22.0. The Balaban J connectivity index is -0.0000000575. The summed E-state index contributed by atoms with van der Waals surface area (Å²) in [4.78, 5) is 16.5. The van der Waals surface area contributed by atoms with Crippen LogP contribution in [0.5, 0.6) is 0 Å². The van der Waals surface area contributed by atoms with Crippen LogP contribution in [-0.2, 0) is 0 Å². The molecule has 0 heterocycles. The molecule has 0 saturated heterocycles. The van der Waals surface area contributed by atoms with E-state index in [0.29, 0.717) is 0 Å². The quantitative estimate of drug-likeness (QED) is 0.256. The van der Waals surface area contributed by atoms with E-state index >= 15 is 0 Å². The SMILES string of the molecule is N.O=[N+]([O-])O.O=[NH+][O-]. The summed E-state index contributed by atoms with van der Waals surface area (Å²) in [6.07, 6.45) is 0. The first-order chi connectivity index (χ1) is 3.15. The minimum Gasteiger partial charge on any atom is -0.344 e. The highest BCUT2D eigenvalue weighted by molar-refractivity contribution is 3.83. The lowest BCUT2D eigenvalue weighted by Crippen LogP contribution is -2.53. The van der Waals surface area contributed by atoms with E-state index in [-0.39, 0.29) is 11.5 Å². The van der Waals surface area contributed by atoms with Gasteiger partial charge in [-0.05, 0) is 0 Å². The van der Waals surface area contributed by atoms with Crippen LogP contribution in [0.1, 0.15) is 0 Å². The molecular formula is H5N3O5. The van der Waals surface area contributed by atoms with E-state index < -0.39 is 5.09 Å².